The molecule has 5 heteroatoms. The molecule has 1 aromatic carbocycles. The molecule has 3 rings (SSSR count). The van der Waals surface area contributed by atoms with Crippen LogP contribution in [0.5, 0.6) is 0 Å². The highest BCUT2D eigenvalue weighted by atomic mass is 16.1. The zero-order valence-corrected chi connectivity index (χ0v) is 12.0. The Balaban J connectivity index is 1.45. The lowest BCUT2D eigenvalue weighted by Crippen LogP contribution is -2.29. The van der Waals surface area contributed by atoms with Crippen molar-refractivity contribution in [1.29, 1.82) is 0 Å². The number of carbonyl (C=O) groups is 1. The highest BCUT2D eigenvalue weighted by Gasteiger charge is 2.20. The van der Waals surface area contributed by atoms with E-state index in [-0.39, 0.29) is 5.91 Å². The summed E-state index contributed by atoms with van der Waals surface area (Å²) < 4.78 is 0. The molecule has 21 heavy (non-hydrogen) atoms. The molecule has 1 aromatic heterocycles. The van der Waals surface area contributed by atoms with Gasteiger partial charge in [0, 0.05) is 24.9 Å². The molecule has 0 atom stereocenters. The molecule has 1 amide bonds. The summed E-state index contributed by atoms with van der Waals surface area (Å²) in [6.07, 6.45) is 5.03. The van der Waals surface area contributed by atoms with Gasteiger partial charge in [0.1, 0.15) is 5.82 Å². The predicted molar refractivity (Wildman–Crippen MR) is 80.5 cm³/mol. The zero-order chi connectivity index (χ0) is 14.5. The number of rotatable bonds is 6. The summed E-state index contributed by atoms with van der Waals surface area (Å²) >= 11 is 0. The first-order valence-electron chi connectivity index (χ1n) is 7.54. The maximum Gasteiger partial charge on any atom is 0.220 e. The monoisotopic (exact) mass is 284 g/mol. The predicted octanol–water partition coefficient (Wildman–Crippen LogP) is 2.32. The lowest BCUT2D eigenvalue weighted by Gasteiger charge is -2.24. The molecule has 0 unspecified atom stereocenters. The van der Waals surface area contributed by atoms with Crippen molar-refractivity contribution in [3.63, 3.8) is 0 Å². The van der Waals surface area contributed by atoms with E-state index in [9.17, 15) is 4.79 Å². The number of benzene rings is 1. The third kappa shape index (κ3) is 3.68. The number of nitrogens with one attached hydrogen (secondary N) is 2. The van der Waals surface area contributed by atoms with Gasteiger partial charge in [0.25, 0.3) is 0 Å². The van der Waals surface area contributed by atoms with E-state index in [1.54, 1.807) is 0 Å². The minimum atomic E-state index is 0.155. The molecule has 1 saturated carbocycles. The highest BCUT2D eigenvalue weighted by molar-refractivity contribution is 5.76. The Morgan fingerprint density at radius 2 is 2.10 bits per heavy atom. The average molecular weight is 284 g/mol. The number of nitrogens with zero attached hydrogens (tertiary/aromatic N) is 2. The first-order valence-corrected chi connectivity index (χ1v) is 7.54. The Kier molecular flexibility index (Phi) is 4.28. The van der Waals surface area contributed by atoms with E-state index < -0.39 is 0 Å². The van der Waals surface area contributed by atoms with Gasteiger partial charge < -0.3 is 5.32 Å². The molecule has 2 N–H and O–H groups in total. The standard InChI is InChI=1S/C16H20N4O/c21-15(11-12-5-4-6-12)17-10-9-14-18-16(20-19-14)13-7-2-1-3-8-13/h1-3,7-8,12H,4-6,9-11H2,(H,17,21)(H,18,19,20). The number of carbonyl (C=O) groups excluding carboxylic acids is 1. The first-order chi connectivity index (χ1) is 10.3. The lowest BCUT2D eigenvalue weighted by molar-refractivity contribution is -0.122. The van der Waals surface area contributed by atoms with Crippen LogP contribution in [0.15, 0.2) is 30.3 Å². The average Bonchev–Trinajstić information content (AvgIpc) is 2.93. The van der Waals surface area contributed by atoms with Gasteiger partial charge >= 0.3 is 0 Å². The summed E-state index contributed by atoms with van der Waals surface area (Å²) in [4.78, 5) is 16.2. The van der Waals surface area contributed by atoms with Crippen LogP contribution >= 0.6 is 0 Å². The van der Waals surface area contributed by atoms with Gasteiger partial charge in [-0.1, -0.05) is 36.8 Å². The molecule has 0 saturated heterocycles. The Morgan fingerprint density at radius 3 is 2.81 bits per heavy atom. The molecule has 1 fully saturated rings. The van der Waals surface area contributed by atoms with Crippen molar-refractivity contribution in [1.82, 2.24) is 20.5 Å². The number of H-pyrrole nitrogens is 1. The fourth-order valence-electron chi connectivity index (χ4n) is 2.48. The highest BCUT2D eigenvalue weighted by Crippen LogP contribution is 2.29. The SMILES string of the molecule is O=C(CC1CCC1)NCCc1nc(-c2ccccc2)n[nH]1. The summed E-state index contributed by atoms with van der Waals surface area (Å²) in [5.74, 6) is 2.27. The van der Waals surface area contributed by atoms with Gasteiger partial charge in [-0.2, -0.15) is 5.10 Å². The van der Waals surface area contributed by atoms with E-state index in [1.807, 2.05) is 30.3 Å². The van der Waals surface area contributed by atoms with Crippen LogP contribution in [0.2, 0.25) is 0 Å². The molecule has 1 aliphatic rings. The number of amides is 1. The number of aromatic amines is 1. The Hall–Kier alpha value is -2.17. The van der Waals surface area contributed by atoms with E-state index in [1.165, 1.54) is 19.3 Å². The lowest BCUT2D eigenvalue weighted by atomic mass is 9.83. The van der Waals surface area contributed by atoms with Gasteiger partial charge in [-0.15, -0.1) is 0 Å². The largest absolute Gasteiger partial charge is 0.356 e. The van der Waals surface area contributed by atoms with Crippen LogP contribution in [0.4, 0.5) is 0 Å². The molecule has 0 bridgehead atoms. The fraction of sp³-hybridized carbons (Fsp3) is 0.438. The smallest absolute Gasteiger partial charge is 0.220 e. The fourth-order valence-corrected chi connectivity index (χ4v) is 2.48. The Bertz CT molecular complexity index is 589. The molecule has 0 spiro atoms. The van der Waals surface area contributed by atoms with Gasteiger partial charge in [-0.05, 0) is 18.8 Å². The molecule has 2 aromatic rings. The van der Waals surface area contributed by atoms with Crippen molar-refractivity contribution < 1.29 is 4.79 Å². The van der Waals surface area contributed by atoms with E-state index in [0.29, 0.717) is 31.1 Å². The van der Waals surface area contributed by atoms with Crippen LogP contribution in [0.25, 0.3) is 11.4 Å². The Morgan fingerprint density at radius 1 is 1.29 bits per heavy atom. The second-order valence-electron chi connectivity index (χ2n) is 5.57. The minimum Gasteiger partial charge on any atom is -0.356 e. The van der Waals surface area contributed by atoms with E-state index in [2.05, 4.69) is 20.5 Å². The summed E-state index contributed by atoms with van der Waals surface area (Å²) in [7, 11) is 0. The van der Waals surface area contributed by atoms with Gasteiger partial charge in [-0.3, -0.25) is 9.89 Å². The van der Waals surface area contributed by atoms with Crippen LogP contribution in [-0.4, -0.2) is 27.6 Å². The summed E-state index contributed by atoms with van der Waals surface area (Å²) in [5, 5.41) is 10.1. The number of hydrogen-bond acceptors (Lipinski definition) is 3. The van der Waals surface area contributed by atoms with Crippen LogP contribution in [0, 0.1) is 5.92 Å². The van der Waals surface area contributed by atoms with E-state index >= 15 is 0 Å². The van der Waals surface area contributed by atoms with Crippen LogP contribution in [0.3, 0.4) is 0 Å². The van der Waals surface area contributed by atoms with Crippen molar-refractivity contribution in [2.24, 2.45) is 5.92 Å². The van der Waals surface area contributed by atoms with Gasteiger partial charge in [-0.25, -0.2) is 4.98 Å². The van der Waals surface area contributed by atoms with Crippen LogP contribution < -0.4 is 5.32 Å². The van der Waals surface area contributed by atoms with Crippen molar-refractivity contribution >= 4 is 5.91 Å². The summed E-state index contributed by atoms with van der Waals surface area (Å²) in [6, 6.07) is 9.85. The quantitative estimate of drug-likeness (QED) is 0.855. The van der Waals surface area contributed by atoms with Gasteiger partial charge in [0.2, 0.25) is 5.91 Å². The van der Waals surface area contributed by atoms with Gasteiger partial charge in [0.15, 0.2) is 5.82 Å². The zero-order valence-electron chi connectivity index (χ0n) is 12.0. The molecular formula is C16H20N4O. The molecule has 0 radical (unpaired) electrons. The summed E-state index contributed by atoms with van der Waals surface area (Å²) in [6.45, 7) is 0.606. The van der Waals surface area contributed by atoms with Crippen LogP contribution in [-0.2, 0) is 11.2 Å². The molecule has 5 nitrogen and oxygen atoms in total. The number of aromatic nitrogens is 3. The topological polar surface area (TPSA) is 70.7 Å². The van der Waals surface area contributed by atoms with Crippen molar-refractivity contribution in [2.75, 3.05) is 6.54 Å². The van der Waals surface area contributed by atoms with E-state index in [0.717, 1.165) is 11.4 Å². The van der Waals surface area contributed by atoms with Crippen molar-refractivity contribution in [3.8, 4) is 11.4 Å². The second kappa shape index (κ2) is 6.52. The van der Waals surface area contributed by atoms with Crippen LogP contribution in [0.1, 0.15) is 31.5 Å². The van der Waals surface area contributed by atoms with Gasteiger partial charge in [0.05, 0.1) is 0 Å². The third-order valence-electron chi connectivity index (χ3n) is 3.95. The second-order valence-corrected chi connectivity index (χ2v) is 5.57. The Labute approximate surface area is 124 Å². The molecule has 110 valence electrons. The number of hydrogen-bond donors (Lipinski definition) is 2. The molecular weight excluding hydrogens is 264 g/mol. The molecule has 1 heterocycles. The minimum absolute atomic E-state index is 0.155. The molecule has 1 aliphatic carbocycles. The normalized spacial score (nSPS) is 14.7. The molecule has 0 aliphatic heterocycles. The summed E-state index contributed by atoms with van der Waals surface area (Å²) in [5.41, 5.74) is 0.994. The van der Waals surface area contributed by atoms with E-state index in [4.69, 9.17) is 0 Å². The third-order valence-corrected chi connectivity index (χ3v) is 3.95. The maximum absolute atomic E-state index is 11.7. The first kappa shape index (κ1) is 13.8. The van der Waals surface area contributed by atoms with Crippen molar-refractivity contribution in [3.05, 3.63) is 36.2 Å². The van der Waals surface area contributed by atoms with Crippen molar-refractivity contribution in [2.45, 2.75) is 32.1 Å². The maximum atomic E-state index is 11.7.